The van der Waals surface area contributed by atoms with E-state index in [0.717, 1.165) is 25.1 Å². The molecular weight excluding hydrogens is 228 g/mol. The van der Waals surface area contributed by atoms with E-state index < -0.39 is 0 Å². The lowest BCUT2D eigenvalue weighted by atomic mass is 9.99. The van der Waals surface area contributed by atoms with Gasteiger partial charge in [0.15, 0.2) is 0 Å². The molecule has 98 valence electrons. The highest BCUT2D eigenvalue weighted by Crippen LogP contribution is 2.29. The van der Waals surface area contributed by atoms with Crippen LogP contribution in [0.1, 0.15) is 18.9 Å². The van der Waals surface area contributed by atoms with Crippen molar-refractivity contribution in [3.63, 3.8) is 0 Å². The number of hydrogen-bond donors (Lipinski definition) is 1. The third kappa shape index (κ3) is 2.58. The van der Waals surface area contributed by atoms with Crippen LogP contribution in [0.15, 0.2) is 18.2 Å². The number of methoxy groups -OCH3 is 1. The monoisotopic (exact) mass is 248 g/mol. The van der Waals surface area contributed by atoms with Gasteiger partial charge < -0.3 is 15.4 Å². The van der Waals surface area contributed by atoms with Crippen LogP contribution < -0.4 is 10.6 Å². The van der Waals surface area contributed by atoms with Crippen molar-refractivity contribution in [3.05, 3.63) is 23.8 Å². The van der Waals surface area contributed by atoms with E-state index in [1.54, 1.807) is 0 Å². The molecule has 1 aromatic rings. The fourth-order valence-corrected chi connectivity index (χ4v) is 2.49. The summed E-state index contributed by atoms with van der Waals surface area (Å²) >= 11 is 0. The van der Waals surface area contributed by atoms with E-state index >= 15 is 0 Å². The minimum absolute atomic E-state index is 0.112. The Morgan fingerprint density at radius 1 is 1.56 bits per heavy atom. The van der Waals surface area contributed by atoms with E-state index in [1.165, 1.54) is 18.4 Å². The van der Waals surface area contributed by atoms with Gasteiger partial charge >= 0.3 is 5.97 Å². The quantitative estimate of drug-likeness (QED) is 0.655. The molecule has 0 spiro atoms. The average Bonchev–Trinajstić information content (AvgIpc) is 2.37. The van der Waals surface area contributed by atoms with Crippen molar-refractivity contribution >= 4 is 17.3 Å². The fourth-order valence-electron chi connectivity index (χ4n) is 2.49. The van der Waals surface area contributed by atoms with Gasteiger partial charge in [-0.15, -0.1) is 0 Å². The summed E-state index contributed by atoms with van der Waals surface area (Å²) in [6.07, 6.45) is 2.16. The number of hydrogen-bond acceptors (Lipinski definition) is 4. The third-order valence-corrected chi connectivity index (χ3v) is 3.42. The first kappa shape index (κ1) is 12.7. The molecular formula is C14H20N2O2. The summed E-state index contributed by atoms with van der Waals surface area (Å²) in [5.41, 5.74) is 9.08. The molecule has 4 nitrogen and oxygen atoms in total. The van der Waals surface area contributed by atoms with Crippen molar-refractivity contribution in [2.24, 2.45) is 5.92 Å². The molecule has 0 fully saturated rings. The Bertz CT molecular complexity index is 445. The van der Waals surface area contributed by atoms with E-state index in [9.17, 15) is 4.79 Å². The number of nitrogens with zero attached hydrogens (tertiary/aromatic N) is 1. The zero-order valence-corrected chi connectivity index (χ0v) is 11.0. The first-order valence-electron chi connectivity index (χ1n) is 6.33. The fraction of sp³-hybridized carbons (Fsp3) is 0.500. The lowest BCUT2D eigenvalue weighted by molar-refractivity contribution is -0.144. The first-order valence-corrected chi connectivity index (χ1v) is 6.33. The minimum Gasteiger partial charge on any atom is -0.469 e. The first-order chi connectivity index (χ1) is 8.61. The number of rotatable bonds is 3. The zero-order chi connectivity index (χ0) is 13.1. The summed E-state index contributed by atoms with van der Waals surface area (Å²) in [6, 6.07) is 6.00. The van der Waals surface area contributed by atoms with Crippen molar-refractivity contribution in [3.8, 4) is 0 Å². The number of carbonyl (C=O) groups excluding carboxylic acids is 1. The molecule has 1 atom stereocenters. The molecule has 0 aromatic heterocycles. The van der Waals surface area contributed by atoms with E-state index in [4.69, 9.17) is 10.5 Å². The maximum absolute atomic E-state index is 11.5. The van der Waals surface area contributed by atoms with Gasteiger partial charge in [-0.05, 0) is 36.6 Å². The Morgan fingerprint density at radius 2 is 2.33 bits per heavy atom. The Morgan fingerprint density at radius 3 is 3.06 bits per heavy atom. The molecule has 0 saturated carbocycles. The molecule has 18 heavy (non-hydrogen) atoms. The van der Waals surface area contributed by atoms with Crippen molar-refractivity contribution in [1.29, 1.82) is 0 Å². The molecule has 0 amide bonds. The highest BCUT2D eigenvalue weighted by Gasteiger charge is 2.22. The van der Waals surface area contributed by atoms with Gasteiger partial charge in [-0.1, -0.05) is 6.92 Å². The summed E-state index contributed by atoms with van der Waals surface area (Å²) in [5, 5.41) is 0. The van der Waals surface area contributed by atoms with Gasteiger partial charge in [-0.3, -0.25) is 4.79 Å². The molecule has 1 aliphatic heterocycles. The van der Waals surface area contributed by atoms with Gasteiger partial charge in [0.2, 0.25) is 0 Å². The largest absolute Gasteiger partial charge is 0.469 e. The second kappa shape index (κ2) is 5.29. The second-order valence-corrected chi connectivity index (χ2v) is 4.86. The molecule has 1 aliphatic rings. The van der Waals surface area contributed by atoms with Crippen LogP contribution in [-0.4, -0.2) is 26.2 Å². The van der Waals surface area contributed by atoms with Crippen LogP contribution >= 0.6 is 0 Å². The van der Waals surface area contributed by atoms with Crippen molar-refractivity contribution < 1.29 is 9.53 Å². The predicted octanol–water partition coefficient (Wildman–Crippen LogP) is 1.83. The highest BCUT2D eigenvalue weighted by molar-refractivity contribution is 5.73. The topological polar surface area (TPSA) is 55.6 Å². The van der Waals surface area contributed by atoms with Gasteiger partial charge in [0.05, 0.1) is 13.0 Å². The number of fused-ring (bicyclic) bond motifs is 1. The molecule has 4 heteroatoms. The van der Waals surface area contributed by atoms with Gasteiger partial charge in [0.25, 0.3) is 0 Å². The molecule has 0 bridgehead atoms. The SMILES string of the molecule is COC(=O)C(C)CN1CCCc2cc(N)ccc21. The Balaban J connectivity index is 2.15. The van der Waals surface area contributed by atoms with Gasteiger partial charge in [-0.2, -0.15) is 0 Å². The van der Waals surface area contributed by atoms with Gasteiger partial charge in [0.1, 0.15) is 0 Å². The molecule has 0 radical (unpaired) electrons. The Kier molecular flexibility index (Phi) is 3.75. The summed E-state index contributed by atoms with van der Waals surface area (Å²) < 4.78 is 4.78. The Labute approximate surface area is 108 Å². The molecule has 0 saturated heterocycles. The molecule has 1 unspecified atom stereocenters. The smallest absolute Gasteiger partial charge is 0.310 e. The van der Waals surface area contributed by atoms with E-state index in [2.05, 4.69) is 4.90 Å². The third-order valence-electron chi connectivity index (χ3n) is 3.42. The number of nitrogens with two attached hydrogens (primary N) is 1. The minimum atomic E-state index is -0.155. The molecule has 2 N–H and O–H groups in total. The number of esters is 1. The van der Waals surface area contributed by atoms with E-state index in [-0.39, 0.29) is 11.9 Å². The normalized spacial score (nSPS) is 16.0. The number of aryl methyl sites for hydroxylation is 1. The van der Waals surface area contributed by atoms with Gasteiger partial charge in [0, 0.05) is 24.5 Å². The predicted molar refractivity (Wildman–Crippen MR) is 72.6 cm³/mol. The van der Waals surface area contributed by atoms with Crippen LogP contribution in [0.4, 0.5) is 11.4 Å². The van der Waals surface area contributed by atoms with Crippen molar-refractivity contribution in [1.82, 2.24) is 0 Å². The number of ether oxygens (including phenoxy) is 1. The second-order valence-electron chi connectivity index (χ2n) is 4.86. The molecule has 2 rings (SSSR count). The van der Waals surface area contributed by atoms with Gasteiger partial charge in [-0.25, -0.2) is 0 Å². The number of carbonyl (C=O) groups is 1. The summed E-state index contributed by atoms with van der Waals surface area (Å²) in [7, 11) is 1.43. The van der Waals surface area contributed by atoms with Crippen LogP contribution in [0.5, 0.6) is 0 Å². The van der Waals surface area contributed by atoms with Crippen LogP contribution in [0, 0.1) is 5.92 Å². The highest BCUT2D eigenvalue weighted by atomic mass is 16.5. The standard InChI is InChI=1S/C14H20N2O2/c1-10(14(17)18-2)9-16-7-3-4-11-8-12(15)5-6-13(11)16/h5-6,8,10H,3-4,7,9,15H2,1-2H3. The van der Waals surface area contributed by atoms with E-state index in [0.29, 0.717) is 6.54 Å². The van der Waals surface area contributed by atoms with Crippen LogP contribution in [-0.2, 0) is 16.0 Å². The molecule has 0 aliphatic carbocycles. The summed E-state index contributed by atoms with van der Waals surface area (Å²) in [6.45, 7) is 3.58. The number of anilines is 2. The van der Waals surface area contributed by atoms with Crippen molar-refractivity contribution in [2.45, 2.75) is 19.8 Å². The summed E-state index contributed by atoms with van der Waals surface area (Å²) in [4.78, 5) is 13.7. The molecule has 1 aromatic carbocycles. The molecule has 1 heterocycles. The lowest BCUT2D eigenvalue weighted by Crippen LogP contribution is -2.36. The Hall–Kier alpha value is -1.71. The van der Waals surface area contributed by atoms with Crippen LogP contribution in [0.25, 0.3) is 0 Å². The maximum atomic E-state index is 11.5. The maximum Gasteiger partial charge on any atom is 0.310 e. The van der Waals surface area contributed by atoms with Crippen molar-refractivity contribution in [2.75, 3.05) is 30.8 Å². The number of nitrogen functional groups attached to an aromatic ring is 1. The average molecular weight is 248 g/mol. The summed E-state index contributed by atoms with van der Waals surface area (Å²) in [5.74, 6) is -0.268. The number of benzene rings is 1. The van der Waals surface area contributed by atoms with Crippen LogP contribution in [0.3, 0.4) is 0 Å². The van der Waals surface area contributed by atoms with E-state index in [1.807, 2.05) is 25.1 Å². The lowest BCUT2D eigenvalue weighted by Gasteiger charge is -2.32. The zero-order valence-electron chi connectivity index (χ0n) is 11.0. The van der Waals surface area contributed by atoms with Crippen LogP contribution in [0.2, 0.25) is 0 Å².